The van der Waals surface area contributed by atoms with Gasteiger partial charge in [-0.15, -0.1) is 11.3 Å². The molecule has 3 aromatic heterocycles. The third kappa shape index (κ3) is 4.19. The van der Waals surface area contributed by atoms with Crippen LogP contribution in [0.25, 0.3) is 75.8 Å². The van der Waals surface area contributed by atoms with Gasteiger partial charge in [0, 0.05) is 32.3 Å². The Morgan fingerprint density at radius 1 is 0.512 bits per heavy atom. The molecule has 0 fully saturated rings. The Bertz CT molecular complexity index is 3160. The number of rotatable bonds is 4. The average Bonchev–Trinajstić information content (AvgIpc) is 3.49. The van der Waals surface area contributed by atoms with Crippen LogP contribution in [-0.4, -0.2) is 9.97 Å². The van der Waals surface area contributed by atoms with E-state index in [0.717, 1.165) is 0 Å². The largest absolute Gasteiger partial charge is 0.254 e. The molecular formula is C38H24N2S. The van der Waals surface area contributed by atoms with Crippen molar-refractivity contribution >= 4 is 43.9 Å². The van der Waals surface area contributed by atoms with E-state index in [1.54, 1.807) is 24.3 Å². The third-order valence-corrected chi connectivity index (χ3v) is 7.49. The van der Waals surface area contributed by atoms with Gasteiger partial charge >= 0.3 is 0 Å². The molecule has 0 radical (unpaired) electrons. The number of nitrogens with zero attached hydrogens (tertiary/aromatic N) is 2. The zero-order valence-electron chi connectivity index (χ0n) is 38.8. The molecule has 0 bridgehead atoms. The average molecular weight is 559 g/mol. The van der Waals surface area contributed by atoms with Crippen LogP contribution in [0.15, 0.2) is 145 Å². The summed E-state index contributed by atoms with van der Waals surface area (Å²) in [7, 11) is 0. The quantitative estimate of drug-likeness (QED) is 0.201. The molecule has 5 aromatic carbocycles. The van der Waals surface area contributed by atoms with Crippen LogP contribution in [0.1, 0.15) is 24.7 Å². The second-order valence-electron chi connectivity index (χ2n) is 8.85. The lowest BCUT2D eigenvalue weighted by molar-refractivity contribution is 1.37. The molecule has 0 saturated heterocycles. The smallest absolute Gasteiger partial charge is 0.0972 e. The first-order chi connectivity index (χ1) is 27.8. The fraction of sp³-hybridized carbons (Fsp3) is 0. The maximum absolute atomic E-state index is 9.14. The standard InChI is InChI=1S/C38H24N2S/c1-2-7-26(8-3-1)35-22-23-36(41-35)27-14-12-25(13-15-27)30-19-20-33(32-11-5-4-10-31(30)32)34-21-18-29-17-16-28-9-6-24-39-37(28)38(29)40-34/h1-24H/i1D,2D,3D,6D,7D,8D,9D,12D,13D,14D,15D,16D,17D,18D,21D,22D,23D,24D. The molecule has 0 N–H and O–H groups in total. The number of aromatic nitrogens is 2. The van der Waals surface area contributed by atoms with Gasteiger partial charge in [-0.3, -0.25) is 4.98 Å². The molecule has 0 aliphatic rings. The normalized spacial score (nSPS) is 17.6. The van der Waals surface area contributed by atoms with E-state index >= 15 is 0 Å². The Labute approximate surface area is 267 Å². The van der Waals surface area contributed by atoms with Gasteiger partial charge in [0.25, 0.3) is 0 Å². The highest BCUT2D eigenvalue weighted by molar-refractivity contribution is 7.18. The van der Waals surface area contributed by atoms with Gasteiger partial charge in [0.05, 0.1) is 41.4 Å². The van der Waals surface area contributed by atoms with Crippen LogP contribution in [0, 0.1) is 0 Å². The highest BCUT2D eigenvalue weighted by Gasteiger charge is 2.13. The van der Waals surface area contributed by atoms with Gasteiger partial charge in [0.1, 0.15) is 0 Å². The molecule has 0 aliphatic heterocycles. The summed E-state index contributed by atoms with van der Waals surface area (Å²) in [5.41, 5.74) is -0.557. The second kappa shape index (κ2) is 9.81. The van der Waals surface area contributed by atoms with Crippen LogP contribution < -0.4 is 0 Å². The van der Waals surface area contributed by atoms with E-state index in [1.807, 2.05) is 0 Å². The molecular weight excluding hydrogens is 516 g/mol. The number of benzene rings is 5. The van der Waals surface area contributed by atoms with Crippen molar-refractivity contribution in [3.05, 3.63) is 145 Å². The first kappa shape index (κ1) is 11.8. The number of thiophene rings is 1. The molecule has 8 rings (SSSR count). The van der Waals surface area contributed by atoms with E-state index in [0.29, 0.717) is 27.7 Å². The molecule has 0 spiro atoms. The molecule has 3 heteroatoms. The van der Waals surface area contributed by atoms with Crippen molar-refractivity contribution in [2.24, 2.45) is 0 Å². The molecule has 0 unspecified atom stereocenters. The Hall–Kier alpha value is -5.12. The van der Waals surface area contributed by atoms with Crippen LogP contribution in [0.3, 0.4) is 0 Å². The fourth-order valence-corrected chi connectivity index (χ4v) is 5.40. The maximum atomic E-state index is 9.14. The predicted octanol–water partition coefficient (Wildman–Crippen LogP) is 10.7. The van der Waals surface area contributed by atoms with Gasteiger partial charge in [0.15, 0.2) is 0 Å². The number of fused-ring (bicyclic) bond motifs is 4. The maximum Gasteiger partial charge on any atom is 0.0972 e. The summed E-state index contributed by atoms with van der Waals surface area (Å²) in [4.78, 5) is 8.43. The third-order valence-electron chi connectivity index (χ3n) is 6.47. The van der Waals surface area contributed by atoms with Crippen LogP contribution in [0.4, 0.5) is 0 Å². The lowest BCUT2D eigenvalue weighted by Gasteiger charge is -2.13. The Morgan fingerprint density at radius 3 is 1.93 bits per heavy atom. The summed E-state index contributed by atoms with van der Waals surface area (Å²) in [6, 6.07) is 0.511. The fourth-order valence-electron chi connectivity index (χ4n) is 4.58. The minimum Gasteiger partial charge on any atom is -0.254 e. The number of hydrogen-bond donors (Lipinski definition) is 0. The minimum atomic E-state index is -0.645. The van der Waals surface area contributed by atoms with Gasteiger partial charge in [-0.2, -0.15) is 0 Å². The van der Waals surface area contributed by atoms with Crippen LogP contribution in [0.5, 0.6) is 0 Å². The summed E-state index contributed by atoms with van der Waals surface area (Å²) >= 11 is 0.655. The van der Waals surface area contributed by atoms with Crippen LogP contribution in [-0.2, 0) is 0 Å². The summed E-state index contributed by atoms with van der Waals surface area (Å²) < 4.78 is 154. The van der Waals surface area contributed by atoms with Crippen molar-refractivity contribution in [3.63, 3.8) is 0 Å². The van der Waals surface area contributed by atoms with Crippen LogP contribution in [0.2, 0.25) is 0 Å². The van der Waals surface area contributed by atoms with E-state index in [-0.39, 0.29) is 59.5 Å². The first-order valence-electron chi connectivity index (χ1n) is 21.3. The zero-order chi connectivity index (χ0) is 42.8. The Morgan fingerprint density at radius 2 is 1.15 bits per heavy atom. The van der Waals surface area contributed by atoms with E-state index in [9.17, 15) is 0 Å². The predicted molar refractivity (Wildman–Crippen MR) is 174 cm³/mol. The highest BCUT2D eigenvalue weighted by Crippen LogP contribution is 2.38. The molecule has 8 aromatic rings. The SMILES string of the molecule is [2H]c1nc2c(c([2H])c1[2H])c([2H])c([2H])c1c([2H])c([2H])c(-c3ccc(-c4c([2H])c([2H])c(-c5sc(-c6c([2H])c([2H])c([2H])c([2H])c6[2H])c([2H])c5[2H])c([2H])c4[2H])c4ccccc34)nc12. The van der Waals surface area contributed by atoms with Crippen molar-refractivity contribution in [2.75, 3.05) is 0 Å². The molecule has 0 aliphatic carbocycles. The van der Waals surface area contributed by atoms with Gasteiger partial charge in [-0.05, 0) is 57.2 Å². The zero-order valence-corrected chi connectivity index (χ0v) is 21.6. The van der Waals surface area contributed by atoms with Crippen molar-refractivity contribution in [1.82, 2.24) is 9.97 Å². The lowest BCUT2D eigenvalue weighted by atomic mass is 9.93. The summed E-state index contributed by atoms with van der Waals surface area (Å²) in [6.45, 7) is 0. The topological polar surface area (TPSA) is 25.8 Å². The molecule has 0 amide bonds. The number of hydrogen-bond acceptors (Lipinski definition) is 3. The minimum absolute atomic E-state index is 0.0600. The molecule has 192 valence electrons. The monoisotopic (exact) mass is 558 g/mol. The first-order valence-corrected chi connectivity index (χ1v) is 13.1. The van der Waals surface area contributed by atoms with Crippen LogP contribution >= 0.6 is 11.3 Å². The van der Waals surface area contributed by atoms with Crippen molar-refractivity contribution in [2.45, 2.75) is 0 Å². The highest BCUT2D eigenvalue weighted by atomic mass is 32.1. The van der Waals surface area contributed by atoms with E-state index in [2.05, 4.69) is 9.97 Å². The Balaban J connectivity index is 1.34. The molecule has 0 saturated carbocycles. The Kier molecular flexibility index (Phi) is 2.82. The molecule has 41 heavy (non-hydrogen) atoms. The van der Waals surface area contributed by atoms with Crippen molar-refractivity contribution in [3.8, 4) is 43.3 Å². The van der Waals surface area contributed by atoms with Gasteiger partial charge in [-0.25, -0.2) is 4.98 Å². The number of pyridine rings is 2. The van der Waals surface area contributed by atoms with Gasteiger partial charge in [0.2, 0.25) is 0 Å². The molecule has 2 nitrogen and oxygen atoms in total. The van der Waals surface area contributed by atoms with E-state index in [1.165, 1.54) is 12.1 Å². The second-order valence-corrected chi connectivity index (χ2v) is 9.87. The summed E-state index contributed by atoms with van der Waals surface area (Å²) in [5.74, 6) is 0. The van der Waals surface area contributed by atoms with Gasteiger partial charge < -0.3 is 0 Å². The molecule has 0 atom stereocenters. The van der Waals surface area contributed by atoms with Crippen molar-refractivity contribution < 1.29 is 24.7 Å². The lowest BCUT2D eigenvalue weighted by Crippen LogP contribution is -1.91. The van der Waals surface area contributed by atoms with Gasteiger partial charge in [-0.1, -0.05) is 115 Å². The van der Waals surface area contributed by atoms with Crippen molar-refractivity contribution in [1.29, 1.82) is 0 Å². The summed E-state index contributed by atoms with van der Waals surface area (Å²) in [6.07, 6.45) is -0.570. The molecule has 3 heterocycles. The summed E-state index contributed by atoms with van der Waals surface area (Å²) in [5, 5.41) is 0.419. The van der Waals surface area contributed by atoms with E-state index in [4.69, 9.17) is 24.7 Å². The van der Waals surface area contributed by atoms with E-state index < -0.39 is 109 Å².